The highest BCUT2D eigenvalue weighted by Gasteiger charge is 2.30. The second kappa shape index (κ2) is 7.29. The smallest absolute Gasteiger partial charge is 0.211 e. The van der Waals surface area contributed by atoms with Gasteiger partial charge in [-0.2, -0.15) is 11.8 Å². The van der Waals surface area contributed by atoms with Gasteiger partial charge in [0.1, 0.15) is 0 Å². The number of hydrogen-bond acceptors (Lipinski definition) is 4. The monoisotopic (exact) mass is 306 g/mol. The van der Waals surface area contributed by atoms with Gasteiger partial charge in [0.25, 0.3) is 0 Å². The molecule has 112 valence electrons. The fraction of sp³-hybridized carbons (Fsp3) is 1.00. The normalized spacial score (nSPS) is 27.8. The lowest BCUT2D eigenvalue weighted by Gasteiger charge is -2.20. The van der Waals surface area contributed by atoms with Crippen molar-refractivity contribution in [2.45, 2.75) is 62.8 Å². The van der Waals surface area contributed by atoms with Gasteiger partial charge in [-0.3, -0.25) is 0 Å². The Balaban J connectivity index is 1.69. The lowest BCUT2D eigenvalue weighted by Crippen LogP contribution is -2.40. The van der Waals surface area contributed by atoms with Crippen molar-refractivity contribution in [3.8, 4) is 0 Å². The quantitative estimate of drug-likeness (QED) is 0.637. The highest BCUT2D eigenvalue weighted by molar-refractivity contribution is 8.00. The summed E-state index contributed by atoms with van der Waals surface area (Å²) in [5, 5.41) is 3.83. The molecule has 2 atom stereocenters. The van der Waals surface area contributed by atoms with Gasteiger partial charge in [0.2, 0.25) is 10.0 Å². The van der Waals surface area contributed by atoms with Crippen LogP contribution in [0.15, 0.2) is 0 Å². The van der Waals surface area contributed by atoms with Crippen LogP contribution in [0.2, 0.25) is 0 Å². The molecule has 19 heavy (non-hydrogen) atoms. The van der Waals surface area contributed by atoms with Crippen LogP contribution in [0.1, 0.15) is 45.4 Å². The lowest BCUT2D eigenvalue weighted by molar-refractivity contribution is 0.550. The largest absolute Gasteiger partial charge is 0.314 e. The average molecular weight is 306 g/mol. The summed E-state index contributed by atoms with van der Waals surface area (Å²) in [7, 11) is -3.10. The van der Waals surface area contributed by atoms with Crippen molar-refractivity contribution >= 4 is 21.8 Å². The summed E-state index contributed by atoms with van der Waals surface area (Å²) in [4.78, 5) is 0. The molecule has 0 radical (unpaired) electrons. The molecule has 2 rings (SSSR count). The Morgan fingerprint density at radius 1 is 1.21 bits per heavy atom. The molecule has 0 aromatic carbocycles. The van der Waals surface area contributed by atoms with Crippen molar-refractivity contribution in [2.75, 3.05) is 18.1 Å². The number of hydrogen-bond donors (Lipinski definition) is 2. The van der Waals surface area contributed by atoms with Crippen LogP contribution in [0.3, 0.4) is 0 Å². The zero-order valence-electron chi connectivity index (χ0n) is 11.7. The molecular weight excluding hydrogens is 280 g/mol. The first-order valence-corrected chi connectivity index (χ1v) is 10.2. The fourth-order valence-corrected chi connectivity index (χ4v) is 5.29. The first-order chi connectivity index (χ1) is 9.11. The molecular formula is C13H26N2O2S2. The number of sulfonamides is 1. The maximum Gasteiger partial charge on any atom is 0.211 e. The third-order valence-corrected chi connectivity index (χ3v) is 6.58. The standard InChI is InChI=1S/C13H26N2O2S2/c1-2-18-13-6-3-5-12(13)15-19(16,17)10-4-9-14-11-7-8-11/h11-15H,2-10H2,1H3. The van der Waals surface area contributed by atoms with Crippen LogP contribution in [0.5, 0.6) is 0 Å². The van der Waals surface area contributed by atoms with Gasteiger partial charge in [-0.05, 0) is 44.4 Å². The highest BCUT2D eigenvalue weighted by Crippen LogP contribution is 2.30. The van der Waals surface area contributed by atoms with Gasteiger partial charge in [-0.25, -0.2) is 13.1 Å². The van der Waals surface area contributed by atoms with E-state index in [4.69, 9.17) is 0 Å². The van der Waals surface area contributed by atoms with Crippen LogP contribution in [0, 0.1) is 0 Å². The summed E-state index contributed by atoms with van der Waals surface area (Å²) in [5.74, 6) is 1.32. The van der Waals surface area contributed by atoms with Gasteiger partial charge in [0, 0.05) is 17.3 Å². The Morgan fingerprint density at radius 2 is 2.00 bits per heavy atom. The third kappa shape index (κ3) is 5.61. The predicted octanol–water partition coefficient (Wildman–Crippen LogP) is 1.72. The Hall–Kier alpha value is 0.220. The van der Waals surface area contributed by atoms with Crippen LogP contribution in [-0.4, -0.2) is 43.8 Å². The highest BCUT2D eigenvalue weighted by atomic mass is 32.2. The molecule has 0 aromatic heterocycles. The van der Waals surface area contributed by atoms with E-state index < -0.39 is 10.0 Å². The molecule has 2 N–H and O–H groups in total. The molecule has 2 saturated carbocycles. The Kier molecular flexibility index (Phi) is 5.99. The topological polar surface area (TPSA) is 58.2 Å². The average Bonchev–Trinajstić information content (AvgIpc) is 3.08. The van der Waals surface area contributed by atoms with Crippen LogP contribution in [0.4, 0.5) is 0 Å². The van der Waals surface area contributed by atoms with Crippen molar-refractivity contribution in [1.29, 1.82) is 0 Å². The molecule has 2 fully saturated rings. The van der Waals surface area contributed by atoms with E-state index in [0.29, 0.717) is 17.7 Å². The van der Waals surface area contributed by atoms with E-state index >= 15 is 0 Å². The second-order valence-electron chi connectivity index (χ2n) is 5.55. The lowest BCUT2D eigenvalue weighted by atomic mass is 10.3. The molecule has 6 heteroatoms. The molecule has 0 aliphatic heterocycles. The SMILES string of the molecule is CCSC1CCCC1NS(=O)(=O)CCCNC1CC1. The van der Waals surface area contributed by atoms with Gasteiger partial charge in [-0.15, -0.1) is 0 Å². The molecule has 4 nitrogen and oxygen atoms in total. The van der Waals surface area contributed by atoms with Crippen LogP contribution in [-0.2, 0) is 10.0 Å². The van der Waals surface area contributed by atoms with E-state index in [2.05, 4.69) is 17.0 Å². The molecule has 0 bridgehead atoms. The minimum atomic E-state index is -3.10. The zero-order chi connectivity index (χ0) is 13.7. The van der Waals surface area contributed by atoms with Crippen LogP contribution < -0.4 is 10.0 Å². The maximum absolute atomic E-state index is 12.0. The summed E-state index contributed by atoms with van der Waals surface area (Å²) in [6, 6.07) is 0.821. The van der Waals surface area contributed by atoms with Crippen molar-refractivity contribution in [3.05, 3.63) is 0 Å². The van der Waals surface area contributed by atoms with E-state index in [-0.39, 0.29) is 11.8 Å². The van der Waals surface area contributed by atoms with E-state index in [1.807, 2.05) is 11.8 Å². The predicted molar refractivity (Wildman–Crippen MR) is 82.1 cm³/mol. The van der Waals surface area contributed by atoms with E-state index in [1.54, 1.807) is 0 Å². The zero-order valence-corrected chi connectivity index (χ0v) is 13.4. The van der Waals surface area contributed by atoms with Gasteiger partial charge >= 0.3 is 0 Å². The van der Waals surface area contributed by atoms with Gasteiger partial charge in [0.15, 0.2) is 0 Å². The minimum absolute atomic E-state index is 0.159. The Morgan fingerprint density at radius 3 is 2.68 bits per heavy atom. The van der Waals surface area contributed by atoms with Crippen molar-refractivity contribution < 1.29 is 8.42 Å². The van der Waals surface area contributed by atoms with Crippen molar-refractivity contribution in [2.24, 2.45) is 0 Å². The van der Waals surface area contributed by atoms with Crippen molar-refractivity contribution in [1.82, 2.24) is 10.0 Å². The van der Waals surface area contributed by atoms with Crippen molar-refractivity contribution in [3.63, 3.8) is 0 Å². The van der Waals surface area contributed by atoms with Gasteiger partial charge in [-0.1, -0.05) is 13.3 Å². The summed E-state index contributed by atoms with van der Waals surface area (Å²) in [6.07, 6.45) is 6.51. The van der Waals surface area contributed by atoms with E-state index in [1.165, 1.54) is 12.8 Å². The maximum atomic E-state index is 12.0. The second-order valence-corrected chi connectivity index (χ2v) is 8.94. The molecule has 0 heterocycles. The third-order valence-electron chi connectivity index (χ3n) is 3.76. The number of nitrogens with one attached hydrogen (secondary N) is 2. The summed E-state index contributed by atoms with van der Waals surface area (Å²) >= 11 is 1.89. The van der Waals surface area contributed by atoms with Crippen LogP contribution in [0.25, 0.3) is 0 Å². The summed E-state index contributed by atoms with van der Waals surface area (Å²) < 4.78 is 27.0. The molecule has 0 saturated heterocycles. The molecule has 2 aliphatic carbocycles. The number of thioether (sulfide) groups is 1. The molecule has 0 spiro atoms. The minimum Gasteiger partial charge on any atom is -0.314 e. The first-order valence-electron chi connectivity index (χ1n) is 7.45. The Labute approximate surface area is 121 Å². The summed E-state index contributed by atoms with van der Waals surface area (Å²) in [5.41, 5.74) is 0. The summed E-state index contributed by atoms with van der Waals surface area (Å²) in [6.45, 7) is 2.96. The molecule has 0 aromatic rings. The van der Waals surface area contributed by atoms with Gasteiger partial charge < -0.3 is 5.32 Å². The van der Waals surface area contributed by atoms with Crippen LogP contribution >= 0.6 is 11.8 Å². The van der Waals surface area contributed by atoms with Gasteiger partial charge in [0.05, 0.1) is 5.75 Å². The fourth-order valence-electron chi connectivity index (χ4n) is 2.62. The molecule has 2 unspecified atom stereocenters. The first kappa shape index (κ1) is 15.6. The Bertz CT molecular complexity index is 369. The molecule has 2 aliphatic rings. The number of rotatable bonds is 9. The molecule has 0 amide bonds. The van der Waals surface area contributed by atoms with E-state index in [9.17, 15) is 8.42 Å². The van der Waals surface area contributed by atoms with E-state index in [0.717, 1.165) is 31.6 Å².